The van der Waals surface area contributed by atoms with Crippen LogP contribution in [0.15, 0.2) is 24.3 Å². The van der Waals surface area contributed by atoms with Crippen LogP contribution in [0.25, 0.3) is 0 Å². The predicted octanol–water partition coefficient (Wildman–Crippen LogP) is 2.52. The average molecular weight is 329 g/mol. The molecule has 0 aromatic rings. The van der Waals surface area contributed by atoms with Gasteiger partial charge in [-0.1, -0.05) is 32.1 Å². The second kappa shape index (κ2) is 3.35. The Morgan fingerprint density at radius 2 is 1.68 bits per heavy atom. The Kier molecular flexibility index (Phi) is 2.44. The number of halogens is 1. The van der Waals surface area contributed by atoms with Crippen molar-refractivity contribution in [2.24, 2.45) is 10.8 Å². The van der Waals surface area contributed by atoms with Gasteiger partial charge in [0.2, 0.25) is 0 Å². The molecular weight excluding hydrogens is 308 g/mol. The van der Waals surface area contributed by atoms with Crippen molar-refractivity contribution in [2.75, 3.05) is 0 Å². The summed E-state index contributed by atoms with van der Waals surface area (Å²) in [4.78, 5) is 0. The smallest absolute Gasteiger partial charge is 0.147 e. The molecule has 1 aliphatic heterocycles. The van der Waals surface area contributed by atoms with Crippen molar-refractivity contribution < 1.29 is 14.9 Å². The number of rotatable bonds is 0. The molecule has 106 valence electrons. The topological polar surface area (TPSA) is 49.7 Å². The van der Waals surface area contributed by atoms with E-state index in [1.54, 1.807) is 13.0 Å². The van der Waals surface area contributed by atoms with E-state index in [1.807, 2.05) is 25.2 Å². The van der Waals surface area contributed by atoms with Gasteiger partial charge in [-0.3, -0.25) is 0 Å². The van der Waals surface area contributed by atoms with Crippen molar-refractivity contribution in [3.8, 4) is 0 Å². The molecule has 0 unspecified atom stereocenters. The second-order valence-corrected chi connectivity index (χ2v) is 8.30. The van der Waals surface area contributed by atoms with Gasteiger partial charge in [0.05, 0.1) is 22.7 Å². The van der Waals surface area contributed by atoms with E-state index < -0.39 is 21.1 Å². The van der Waals surface area contributed by atoms with E-state index >= 15 is 0 Å². The first-order valence-electron chi connectivity index (χ1n) is 6.70. The Bertz CT molecular complexity index is 492. The van der Waals surface area contributed by atoms with Crippen molar-refractivity contribution in [2.45, 2.75) is 55.9 Å². The zero-order valence-corrected chi connectivity index (χ0v) is 13.4. The Morgan fingerprint density at radius 3 is 2.32 bits per heavy atom. The van der Waals surface area contributed by atoms with E-state index in [9.17, 15) is 10.2 Å². The maximum absolute atomic E-state index is 10.9. The van der Waals surface area contributed by atoms with Gasteiger partial charge < -0.3 is 14.9 Å². The van der Waals surface area contributed by atoms with Crippen molar-refractivity contribution >= 4 is 15.9 Å². The molecule has 0 saturated carbocycles. The maximum Gasteiger partial charge on any atom is 0.147 e. The molecule has 2 N–H and O–H groups in total. The average Bonchev–Trinajstić information content (AvgIpc) is 2.33. The highest BCUT2D eigenvalue weighted by atomic mass is 79.9. The fourth-order valence-corrected chi connectivity index (χ4v) is 4.87. The van der Waals surface area contributed by atoms with Gasteiger partial charge in [-0.2, -0.15) is 0 Å². The third-order valence-electron chi connectivity index (χ3n) is 5.47. The van der Waals surface area contributed by atoms with Gasteiger partial charge in [0, 0.05) is 11.8 Å². The number of hydrogen-bond acceptors (Lipinski definition) is 3. The van der Waals surface area contributed by atoms with Crippen molar-refractivity contribution in [1.29, 1.82) is 0 Å². The summed E-state index contributed by atoms with van der Waals surface area (Å²) in [5, 5.41) is 21.2. The van der Waals surface area contributed by atoms with Gasteiger partial charge in [-0.05, 0) is 35.9 Å². The molecule has 0 radical (unpaired) electrons. The van der Waals surface area contributed by atoms with Gasteiger partial charge in [0.15, 0.2) is 0 Å². The number of aliphatic hydroxyl groups is 2. The lowest BCUT2D eigenvalue weighted by atomic mass is 9.49. The van der Waals surface area contributed by atoms with Crippen LogP contribution in [0.3, 0.4) is 0 Å². The van der Waals surface area contributed by atoms with Gasteiger partial charge in [0.25, 0.3) is 0 Å². The fraction of sp³-hybridized carbons (Fsp3) is 0.733. The molecule has 0 aromatic carbocycles. The first-order chi connectivity index (χ1) is 8.48. The standard InChI is InChI=1S/C15H21BrO3/c1-11(2)14-7-5-12(3,17)9-10(14)19-15(11,16)8-6-13(14,4)18/h5-8,10,17-18H,9H2,1-4H3/t10-,12+,13+,14-,15-/m0/s1. The minimum atomic E-state index is -0.998. The van der Waals surface area contributed by atoms with Crippen LogP contribution in [0.2, 0.25) is 0 Å². The summed E-state index contributed by atoms with van der Waals surface area (Å²) in [7, 11) is 0. The van der Waals surface area contributed by atoms with Gasteiger partial charge in [-0.25, -0.2) is 0 Å². The first kappa shape index (κ1) is 13.8. The molecule has 3 nitrogen and oxygen atoms in total. The first-order valence-corrected chi connectivity index (χ1v) is 7.49. The molecule has 19 heavy (non-hydrogen) atoms. The van der Waals surface area contributed by atoms with Crippen molar-refractivity contribution in [1.82, 2.24) is 0 Å². The lowest BCUT2D eigenvalue weighted by molar-refractivity contribution is -0.102. The molecule has 1 fully saturated rings. The third kappa shape index (κ3) is 1.39. The zero-order valence-electron chi connectivity index (χ0n) is 11.8. The van der Waals surface area contributed by atoms with E-state index in [2.05, 4.69) is 29.8 Å². The van der Waals surface area contributed by atoms with Crippen LogP contribution in [0, 0.1) is 10.8 Å². The number of alkyl halides is 1. The van der Waals surface area contributed by atoms with Gasteiger partial charge >= 0.3 is 0 Å². The lowest BCUT2D eigenvalue weighted by Gasteiger charge is -2.55. The third-order valence-corrected chi connectivity index (χ3v) is 6.91. The molecule has 3 rings (SSSR count). The summed E-state index contributed by atoms with van der Waals surface area (Å²) < 4.78 is 5.61. The van der Waals surface area contributed by atoms with E-state index in [0.29, 0.717) is 6.42 Å². The fourth-order valence-electron chi connectivity index (χ4n) is 4.19. The molecule has 2 bridgehead atoms. The maximum atomic E-state index is 10.9. The molecule has 0 amide bonds. The Morgan fingerprint density at radius 1 is 1.05 bits per heavy atom. The van der Waals surface area contributed by atoms with Crippen LogP contribution in [0.4, 0.5) is 0 Å². The Balaban J connectivity index is 2.27. The largest absolute Gasteiger partial charge is 0.386 e. The minimum absolute atomic E-state index is 0.230. The molecule has 0 aromatic heterocycles. The van der Waals surface area contributed by atoms with Gasteiger partial charge in [0.1, 0.15) is 4.51 Å². The molecule has 2 aliphatic carbocycles. The Labute approximate surface area is 122 Å². The number of ether oxygens (including phenoxy) is 1. The monoisotopic (exact) mass is 328 g/mol. The molecule has 1 spiro atoms. The predicted molar refractivity (Wildman–Crippen MR) is 76.9 cm³/mol. The quantitative estimate of drug-likeness (QED) is 0.530. The van der Waals surface area contributed by atoms with Crippen LogP contribution in [-0.4, -0.2) is 32.0 Å². The SMILES string of the molecule is CC1(C)[C@]23C=C[C@@](C)(O)C[C@@H]2O[C@@]1(Br)C=C[C@@]3(C)O. The number of hydrogen-bond donors (Lipinski definition) is 2. The van der Waals surface area contributed by atoms with Gasteiger partial charge in [-0.15, -0.1) is 0 Å². The summed E-state index contributed by atoms with van der Waals surface area (Å²) in [6, 6.07) is 0. The summed E-state index contributed by atoms with van der Waals surface area (Å²) >= 11 is 3.70. The Hall–Kier alpha value is -0.160. The highest BCUT2D eigenvalue weighted by Crippen LogP contribution is 2.70. The lowest BCUT2D eigenvalue weighted by Crippen LogP contribution is -2.61. The molecule has 1 heterocycles. The van der Waals surface area contributed by atoms with Crippen molar-refractivity contribution in [3.05, 3.63) is 24.3 Å². The van der Waals surface area contributed by atoms with E-state index in [4.69, 9.17) is 4.74 Å². The van der Waals surface area contributed by atoms with E-state index in [1.165, 1.54) is 0 Å². The van der Waals surface area contributed by atoms with Crippen LogP contribution < -0.4 is 0 Å². The van der Waals surface area contributed by atoms with E-state index in [0.717, 1.165) is 0 Å². The van der Waals surface area contributed by atoms with Crippen LogP contribution >= 0.6 is 15.9 Å². The minimum Gasteiger partial charge on any atom is -0.386 e. The summed E-state index contributed by atoms with van der Waals surface area (Å²) in [6.07, 6.45) is 7.75. The van der Waals surface area contributed by atoms with E-state index in [-0.39, 0.29) is 11.5 Å². The molecule has 4 heteroatoms. The summed E-state index contributed by atoms with van der Waals surface area (Å²) in [5.74, 6) is 0. The zero-order chi connectivity index (χ0) is 14.3. The summed E-state index contributed by atoms with van der Waals surface area (Å²) in [6.45, 7) is 7.80. The number of fused-ring (bicyclic) bond motifs is 1. The highest BCUT2D eigenvalue weighted by Gasteiger charge is 2.74. The molecular formula is C15H21BrO3. The van der Waals surface area contributed by atoms with Crippen molar-refractivity contribution in [3.63, 3.8) is 0 Å². The summed E-state index contributed by atoms with van der Waals surface area (Å²) in [5.41, 5.74) is -2.75. The second-order valence-electron chi connectivity index (χ2n) is 7.12. The molecule has 3 aliphatic rings. The van der Waals surface area contributed by atoms with Crippen LogP contribution in [-0.2, 0) is 4.74 Å². The molecule has 5 atom stereocenters. The van der Waals surface area contributed by atoms with Crippen LogP contribution in [0.1, 0.15) is 34.1 Å². The van der Waals surface area contributed by atoms with Crippen LogP contribution in [0.5, 0.6) is 0 Å². The molecule has 1 saturated heterocycles. The highest BCUT2D eigenvalue weighted by molar-refractivity contribution is 9.10. The normalized spacial score (nSPS) is 58.2.